The van der Waals surface area contributed by atoms with Crippen LogP contribution in [0, 0.1) is 0 Å². The van der Waals surface area contributed by atoms with Gasteiger partial charge < -0.3 is 4.57 Å². The summed E-state index contributed by atoms with van der Waals surface area (Å²) in [6.07, 6.45) is 2.87. The summed E-state index contributed by atoms with van der Waals surface area (Å²) in [6, 6.07) is 13.6. The number of aromatic nitrogens is 1. The van der Waals surface area contributed by atoms with E-state index in [9.17, 15) is 4.79 Å². The molecule has 0 bridgehead atoms. The molecule has 0 N–H and O–H groups in total. The van der Waals surface area contributed by atoms with E-state index in [-0.39, 0.29) is 0 Å². The second-order valence-electron chi connectivity index (χ2n) is 4.62. The maximum atomic E-state index is 10.8. The Morgan fingerprint density at radius 1 is 1.15 bits per heavy atom. The van der Waals surface area contributed by atoms with Crippen LogP contribution in [0.5, 0.6) is 0 Å². The minimum atomic E-state index is 0.692. The summed E-state index contributed by atoms with van der Waals surface area (Å²) in [7, 11) is 0. The Morgan fingerprint density at radius 2 is 2.00 bits per heavy atom. The highest BCUT2D eigenvalue weighted by molar-refractivity contribution is 9.10. The molecule has 0 atom stereocenters. The Hall–Kier alpha value is -1.58. The van der Waals surface area contributed by atoms with Gasteiger partial charge in [-0.15, -0.1) is 0 Å². The first-order valence-electron chi connectivity index (χ1n) is 6.15. The van der Waals surface area contributed by atoms with Crippen molar-refractivity contribution < 1.29 is 4.79 Å². The van der Waals surface area contributed by atoms with Gasteiger partial charge in [0.2, 0.25) is 0 Å². The highest BCUT2D eigenvalue weighted by atomic mass is 79.9. The Balaban J connectivity index is 2.00. The summed E-state index contributed by atoms with van der Waals surface area (Å²) < 4.78 is 3.10. The smallest absolute Gasteiger partial charge is 0.150 e. The fourth-order valence-electron chi connectivity index (χ4n) is 2.26. The molecule has 20 heavy (non-hydrogen) atoms. The van der Waals surface area contributed by atoms with Gasteiger partial charge in [-0.2, -0.15) is 0 Å². The molecule has 0 fully saturated rings. The summed E-state index contributed by atoms with van der Waals surface area (Å²) in [5.41, 5.74) is 2.85. The van der Waals surface area contributed by atoms with Crippen molar-refractivity contribution in [2.45, 2.75) is 6.54 Å². The molecule has 0 amide bonds. The third-order valence-electron chi connectivity index (χ3n) is 3.29. The van der Waals surface area contributed by atoms with Gasteiger partial charge in [-0.3, -0.25) is 4.79 Å². The predicted molar refractivity (Wildman–Crippen MR) is 85.6 cm³/mol. The fraction of sp³-hybridized carbons (Fsp3) is 0.0625. The standard InChI is InChI=1S/C16H11BrClNO/c17-14-3-2-13(15(18)8-14)9-19-6-5-12-7-11(10-20)1-4-16(12)19/h1-8,10H,9H2. The molecule has 0 saturated carbocycles. The molecular weight excluding hydrogens is 338 g/mol. The van der Waals surface area contributed by atoms with E-state index in [2.05, 4.69) is 20.5 Å². The summed E-state index contributed by atoms with van der Waals surface area (Å²) >= 11 is 9.66. The highest BCUT2D eigenvalue weighted by Gasteiger charge is 2.06. The summed E-state index contributed by atoms with van der Waals surface area (Å²) in [5, 5.41) is 1.80. The minimum absolute atomic E-state index is 0.692. The monoisotopic (exact) mass is 347 g/mol. The van der Waals surface area contributed by atoms with Crippen LogP contribution in [0.1, 0.15) is 15.9 Å². The molecule has 0 aliphatic carbocycles. The van der Waals surface area contributed by atoms with E-state index in [4.69, 9.17) is 11.6 Å². The molecule has 1 heterocycles. The van der Waals surface area contributed by atoms with Crippen LogP contribution in [0.4, 0.5) is 0 Å². The van der Waals surface area contributed by atoms with Crippen molar-refractivity contribution in [3.8, 4) is 0 Å². The van der Waals surface area contributed by atoms with Crippen LogP contribution in [-0.4, -0.2) is 10.9 Å². The highest BCUT2D eigenvalue weighted by Crippen LogP contribution is 2.24. The zero-order valence-corrected chi connectivity index (χ0v) is 12.9. The topological polar surface area (TPSA) is 22.0 Å². The maximum absolute atomic E-state index is 10.8. The molecule has 2 aromatic carbocycles. The van der Waals surface area contributed by atoms with Gasteiger partial charge in [0, 0.05) is 38.7 Å². The van der Waals surface area contributed by atoms with Crippen molar-refractivity contribution in [3.63, 3.8) is 0 Å². The first kappa shape index (κ1) is 13.4. The van der Waals surface area contributed by atoms with E-state index in [0.29, 0.717) is 12.1 Å². The van der Waals surface area contributed by atoms with Crippen LogP contribution >= 0.6 is 27.5 Å². The zero-order valence-electron chi connectivity index (χ0n) is 10.5. The molecule has 4 heteroatoms. The van der Waals surface area contributed by atoms with Crippen LogP contribution in [-0.2, 0) is 6.54 Å². The van der Waals surface area contributed by atoms with Gasteiger partial charge in [0.05, 0.1) is 0 Å². The SMILES string of the molecule is O=Cc1ccc2c(ccn2Cc2ccc(Br)cc2Cl)c1. The van der Waals surface area contributed by atoms with Gasteiger partial charge in [0.25, 0.3) is 0 Å². The Labute approximate surface area is 130 Å². The Kier molecular flexibility index (Phi) is 3.64. The number of aldehydes is 1. The lowest BCUT2D eigenvalue weighted by Gasteiger charge is -2.08. The van der Waals surface area contributed by atoms with Crippen molar-refractivity contribution in [1.29, 1.82) is 0 Å². The molecule has 0 saturated heterocycles. The number of benzene rings is 2. The largest absolute Gasteiger partial charge is 0.343 e. The van der Waals surface area contributed by atoms with Gasteiger partial charge >= 0.3 is 0 Å². The maximum Gasteiger partial charge on any atom is 0.150 e. The normalized spacial score (nSPS) is 10.9. The molecule has 0 spiro atoms. The number of halogens is 2. The molecule has 2 nitrogen and oxygen atoms in total. The number of hydrogen-bond donors (Lipinski definition) is 0. The Morgan fingerprint density at radius 3 is 2.75 bits per heavy atom. The lowest BCUT2D eigenvalue weighted by atomic mass is 10.2. The van der Waals surface area contributed by atoms with Gasteiger partial charge in [-0.1, -0.05) is 33.6 Å². The van der Waals surface area contributed by atoms with Crippen molar-refractivity contribution >= 4 is 44.7 Å². The lowest BCUT2D eigenvalue weighted by Crippen LogP contribution is -1.98. The van der Waals surface area contributed by atoms with E-state index in [1.165, 1.54) is 0 Å². The van der Waals surface area contributed by atoms with Gasteiger partial charge in [-0.25, -0.2) is 0 Å². The van der Waals surface area contributed by atoms with Crippen molar-refractivity contribution in [2.75, 3.05) is 0 Å². The number of fused-ring (bicyclic) bond motifs is 1. The molecule has 0 radical (unpaired) electrons. The van der Waals surface area contributed by atoms with E-state index >= 15 is 0 Å². The molecule has 0 aliphatic heterocycles. The van der Waals surface area contributed by atoms with Crippen LogP contribution in [0.2, 0.25) is 5.02 Å². The summed E-state index contributed by atoms with van der Waals surface area (Å²) in [5.74, 6) is 0. The number of rotatable bonds is 3. The van der Waals surface area contributed by atoms with Crippen LogP contribution < -0.4 is 0 Å². The molecule has 0 aliphatic rings. The zero-order chi connectivity index (χ0) is 14.1. The molecule has 1 aromatic heterocycles. The minimum Gasteiger partial charge on any atom is -0.343 e. The average Bonchev–Trinajstić information content (AvgIpc) is 2.84. The second kappa shape index (κ2) is 5.43. The van der Waals surface area contributed by atoms with Crippen LogP contribution in [0.3, 0.4) is 0 Å². The van der Waals surface area contributed by atoms with Crippen LogP contribution in [0.25, 0.3) is 10.9 Å². The first-order chi connectivity index (χ1) is 9.67. The number of carbonyl (C=O) groups excluding carboxylic acids is 1. The summed E-state index contributed by atoms with van der Waals surface area (Å²) in [4.78, 5) is 10.8. The molecule has 3 aromatic rings. The van der Waals surface area contributed by atoms with Crippen molar-refractivity contribution in [1.82, 2.24) is 4.57 Å². The van der Waals surface area contributed by atoms with Crippen LogP contribution in [0.15, 0.2) is 53.1 Å². The third kappa shape index (κ3) is 2.51. The van der Waals surface area contributed by atoms with Crippen molar-refractivity contribution in [2.24, 2.45) is 0 Å². The quantitative estimate of drug-likeness (QED) is 0.616. The van der Waals surface area contributed by atoms with E-state index in [0.717, 1.165) is 32.2 Å². The van der Waals surface area contributed by atoms with Gasteiger partial charge in [0.15, 0.2) is 0 Å². The number of nitrogens with zero attached hydrogens (tertiary/aromatic N) is 1. The Bertz CT molecular complexity index is 794. The van der Waals surface area contributed by atoms with Gasteiger partial charge in [0.1, 0.15) is 6.29 Å². The predicted octanol–water partition coefficient (Wildman–Crippen LogP) is 4.92. The van der Waals surface area contributed by atoms with E-state index < -0.39 is 0 Å². The second-order valence-corrected chi connectivity index (χ2v) is 5.94. The fourth-order valence-corrected chi connectivity index (χ4v) is 3.00. The van der Waals surface area contributed by atoms with Crippen molar-refractivity contribution in [3.05, 3.63) is 69.3 Å². The lowest BCUT2D eigenvalue weighted by molar-refractivity contribution is 0.112. The molecule has 3 rings (SSSR count). The first-order valence-corrected chi connectivity index (χ1v) is 7.32. The molecule has 100 valence electrons. The molecular formula is C16H11BrClNO. The third-order valence-corrected chi connectivity index (χ3v) is 4.13. The van der Waals surface area contributed by atoms with E-state index in [1.807, 2.05) is 48.7 Å². The average molecular weight is 349 g/mol. The molecule has 0 unspecified atom stereocenters. The number of carbonyl (C=O) groups is 1. The number of hydrogen-bond acceptors (Lipinski definition) is 1. The van der Waals surface area contributed by atoms with E-state index in [1.54, 1.807) is 0 Å². The van der Waals surface area contributed by atoms with Gasteiger partial charge in [-0.05, 0) is 42.0 Å². The summed E-state index contributed by atoms with van der Waals surface area (Å²) in [6.45, 7) is 0.704.